The zero-order valence-corrected chi connectivity index (χ0v) is 11.2. The molecule has 1 saturated carbocycles. The standard InChI is InChI=1S/C15H22FNO/c1-11-8-12(6-7-14(11)16)9-17(2)10-13-4-3-5-15(13)18/h6-8,13,15,18H,3-5,9-10H2,1-2H3. The molecule has 0 bridgehead atoms. The first-order valence-corrected chi connectivity index (χ1v) is 6.68. The Balaban J connectivity index is 1.90. The van der Waals surface area contributed by atoms with E-state index in [1.54, 1.807) is 6.92 Å². The van der Waals surface area contributed by atoms with Gasteiger partial charge in [-0.2, -0.15) is 0 Å². The lowest BCUT2D eigenvalue weighted by Crippen LogP contribution is -2.29. The molecule has 0 aliphatic heterocycles. The molecule has 2 nitrogen and oxygen atoms in total. The van der Waals surface area contributed by atoms with Crippen molar-refractivity contribution in [3.05, 3.63) is 35.1 Å². The minimum absolute atomic E-state index is 0.137. The van der Waals surface area contributed by atoms with Crippen LogP contribution in [0.4, 0.5) is 4.39 Å². The maximum absolute atomic E-state index is 13.2. The van der Waals surface area contributed by atoms with E-state index in [0.29, 0.717) is 11.5 Å². The molecule has 0 radical (unpaired) electrons. The van der Waals surface area contributed by atoms with Gasteiger partial charge in [-0.05, 0) is 49.9 Å². The Hall–Kier alpha value is -0.930. The van der Waals surface area contributed by atoms with Crippen molar-refractivity contribution >= 4 is 0 Å². The molecule has 0 spiro atoms. The highest BCUT2D eigenvalue weighted by Gasteiger charge is 2.25. The number of rotatable bonds is 4. The molecule has 0 heterocycles. The van der Waals surface area contributed by atoms with Crippen molar-refractivity contribution in [1.29, 1.82) is 0 Å². The number of nitrogens with zero attached hydrogens (tertiary/aromatic N) is 1. The number of aliphatic hydroxyl groups is 1. The lowest BCUT2D eigenvalue weighted by atomic mass is 10.0. The van der Waals surface area contributed by atoms with E-state index in [2.05, 4.69) is 11.9 Å². The van der Waals surface area contributed by atoms with Gasteiger partial charge in [0.25, 0.3) is 0 Å². The first-order chi connectivity index (χ1) is 8.56. The average molecular weight is 251 g/mol. The van der Waals surface area contributed by atoms with Crippen LogP contribution in [-0.2, 0) is 6.54 Å². The van der Waals surface area contributed by atoms with Gasteiger partial charge >= 0.3 is 0 Å². The van der Waals surface area contributed by atoms with Crippen LogP contribution in [-0.4, -0.2) is 29.7 Å². The second-order valence-electron chi connectivity index (χ2n) is 5.54. The number of aliphatic hydroxyl groups excluding tert-OH is 1. The van der Waals surface area contributed by atoms with E-state index in [1.165, 1.54) is 6.07 Å². The minimum atomic E-state index is -0.146. The van der Waals surface area contributed by atoms with Crippen molar-refractivity contribution in [2.24, 2.45) is 5.92 Å². The van der Waals surface area contributed by atoms with Crippen molar-refractivity contribution in [2.45, 2.75) is 38.8 Å². The number of hydrogen-bond acceptors (Lipinski definition) is 2. The molecule has 18 heavy (non-hydrogen) atoms. The Morgan fingerprint density at radius 1 is 1.39 bits per heavy atom. The van der Waals surface area contributed by atoms with Gasteiger partial charge < -0.3 is 10.0 Å². The van der Waals surface area contributed by atoms with E-state index in [-0.39, 0.29) is 11.9 Å². The van der Waals surface area contributed by atoms with Crippen molar-refractivity contribution in [3.63, 3.8) is 0 Å². The van der Waals surface area contributed by atoms with Gasteiger partial charge in [0.15, 0.2) is 0 Å². The molecule has 3 heteroatoms. The van der Waals surface area contributed by atoms with Crippen molar-refractivity contribution in [3.8, 4) is 0 Å². The summed E-state index contributed by atoms with van der Waals surface area (Å²) < 4.78 is 13.2. The van der Waals surface area contributed by atoms with Crippen LogP contribution in [0.3, 0.4) is 0 Å². The van der Waals surface area contributed by atoms with Crippen LogP contribution in [0.2, 0.25) is 0 Å². The highest BCUT2D eigenvalue weighted by atomic mass is 19.1. The summed E-state index contributed by atoms with van der Waals surface area (Å²) in [7, 11) is 2.06. The monoisotopic (exact) mass is 251 g/mol. The van der Waals surface area contributed by atoms with E-state index in [4.69, 9.17) is 0 Å². The van der Waals surface area contributed by atoms with Gasteiger partial charge in [0.2, 0.25) is 0 Å². The van der Waals surface area contributed by atoms with Crippen molar-refractivity contribution in [1.82, 2.24) is 4.90 Å². The van der Waals surface area contributed by atoms with Gasteiger partial charge in [-0.3, -0.25) is 0 Å². The fourth-order valence-corrected chi connectivity index (χ4v) is 2.81. The van der Waals surface area contributed by atoms with E-state index >= 15 is 0 Å². The first kappa shape index (κ1) is 13.5. The maximum atomic E-state index is 13.2. The van der Waals surface area contributed by atoms with Crippen LogP contribution in [0.1, 0.15) is 30.4 Å². The van der Waals surface area contributed by atoms with Gasteiger partial charge in [0.05, 0.1) is 6.10 Å². The zero-order valence-electron chi connectivity index (χ0n) is 11.2. The Kier molecular flexibility index (Phi) is 4.36. The Bertz CT molecular complexity index is 407. The lowest BCUT2D eigenvalue weighted by molar-refractivity contribution is 0.108. The van der Waals surface area contributed by atoms with Crippen LogP contribution in [0.15, 0.2) is 18.2 Å². The number of aryl methyl sites for hydroxylation is 1. The summed E-state index contributed by atoms with van der Waals surface area (Å²) in [5.41, 5.74) is 1.82. The SMILES string of the molecule is Cc1cc(CN(C)CC2CCCC2O)ccc1F. The van der Waals surface area contributed by atoms with Gasteiger partial charge in [-0.1, -0.05) is 18.6 Å². The molecular weight excluding hydrogens is 229 g/mol. The first-order valence-electron chi connectivity index (χ1n) is 6.68. The smallest absolute Gasteiger partial charge is 0.126 e. The van der Waals surface area contributed by atoms with Gasteiger partial charge in [0.1, 0.15) is 5.82 Å². The third kappa shape index (κ3) is 3.30. The van der Waals surface area contributed by atoms with Crippen LogP contribution in [0.5, 0.6) is 0 Å². The summed E-state index contributed by atoms with van der Waals surface area (Å²) in [6, 6.07) is 5.27. The Morgan fingerprint density at radius 3 is 2.78 bits per heavy atom. The quantitative estimate of drug-likeness (QED) is 0.889. The zero-order chi connectivity index (χ0) is 13.1. The predicted octanol–water partition coefficient (Wildman–Crippen LogP) is 2.73. The molecule has 100 valence electrons. The molecule has 1 N–H and O–H groups in total. The second-order valence-corrected chi connectivity index (χ2v) is 5.54. The maximum Gasteiger partial charge on any atom is 0.126 e. The molecule has 1 aliphatic rings. The number of halogens is 1. The van der Waals surface area contributed by atoms with Crippen molar-refractivity contribution < 1.29 is 9.50 Å². The lowest BCUT2D eigenvalue weighted by Gasteiger charge is -2.23. The molecule has 0 saturated heterocycles. The van der Waals surface area contributed by atoms with Crippen LogP contribution >= 0.6 is 0 Å². The van der Waals surface area contributed by atoms with Crippen LogP contribution in [0.25, 0.3) is 0 Å². The summed E-state index contributed by atoms with van der Waals surface area (Å²) >= 11 is 0. The highest BCUT2D eigenvalue weighted by molar-refractivity contribution is 5.23. The molecule has 0 amide bonds. The van der Waals surface area contributed by atoms with E-state index in [9.17, 15) is 9.50 Å². The fraction of sp³-hybridized carbons (Fsp3) is 0.600. The molecule has 2 rings (SSSR count). The minimum Gasteiger partial charge on any atom is -0.393 e. The molecule has 1 aliphatic carbocycles. The second kappa shape index (κ2) is 5.81. The van der Waals surface area contributed by atoms with E-state index < -0.39 is 0 Å². The number of benzene rings is 1. The van der Waals surface area contributed by atoms with E-state index in [1.807, 2.05) is 12.1 Å². The number of hydrogen-bond donors (Lipinski definition) is 1. The van der Waals surface area contributed by atoms with Gasteiger partial charge in [-0.25, -0.2) is 4.39 Å². The molecule has 1 fully saturated rings. The summed E-state index contributed by atoms with van der Waals surface area (Å²) in [6.45, 7) is 3.52. The summed E-state index contributed by atoms with van der Waals surface area (Å²) in [5, 5.41) is 9.81. The Morgan fingerprint density at radius 2 is 2.17 bits per heavy atom. The molecule has 2 atom stereocenters. The molecule has 1 aromatic carbocycles. The summed E-state index contributed by atoms with van der Waals surface area (Å²) in [4.78, 5) is 2.21. The molecular formula is C15H22FNO. The summed E-state index contributed by atoms with van der Waals surface area (Å²) in [6.07, 6.45) is 3.06. The third-order valence-electron chi connectivity index (χ3n) is 3.84. The Labute approximate surface area is 108 Å². The summed E-state index contributed by atoms with van der Waals surface area (Å²) in [5.74, 6) is 0.254. The fourth-order valence-electron chi connectivity index (χ4n) is 2.81. The topological polar surface area (TPSA) is 23.5 Å². The molecule has 2 unspecified atom stereocenters. The molecule has 0 aromatic heterocycles. The predicted molar refractivity (Wildman–Crippen MR) is 70.8 cm³/mol. The largest absolute Gasteiger partial charge is 0.393 e. The van der Waals surface area contributed by atoms with Gasteiger partial charge in [-0.15, -0.1) is 0 Å². The third-order valence-corrected chi connectivity index (χ3v) is 3.84. The van der Waals surface area contributed by atoms with Crippen LogP contribution < -0.4 is 0 Å². The van der Waals surface area contributed by atoms with Crippen molar-refractivity contribution in [2.75, 3.05) is 13.6 Å². The van der Waals surface area contributed by atoms with Crippen LogP contribution in [0, 0.1) is 18.7 Å². The normalized spacial score (nSPS) is 23.8. The highest BCUT2D eigenvalue weighted by Crippen LogP contribution is 2.26. The average Bonchev–Trinajstić information content (AvgIpc) is 2.70. The van der Waals surface area contributed by atoms with Gasteiger partial charge in [0, 0.05) is 13.1 Å². The van der Waals surface area contributed by atoms with E-state index in [0.717, 1.165) is 37.9 Å². The molecule has 1 aromatic rings.